The van der Waals surface area contributed by atoms with E-state index in [0.717, 1.165) is 6.42 Å². The molecule has 20 heavy (non-hydrogen) atoms. The highest BCUT2D eigenvalue weighted by Gasteiger charge is 2.24. The summed E-state index contributed by atoms with van der Waals surface area (Å²) in [7, 11) is -2.98. The van der Waals surface area contributed by atoms with Crippen molar-refractivity contribution < 1.29 is 21.9 Å². The highest BCUT2D eigenvalue weighted by Crippen LogP contribution is 2.21. The largest absolute Gasteiger partial charge is 0.434 e. The van der Waals surface area contributed by atoms with Crippen LogP contribution in [0.1, 0.15) is 18.4 Å². The lowest BCUT2D eigenvalue weighted by Gasteiger charge is -2.23. The molecule has 0 amide bonds. The van der Waals surface area contributed by atoms with E-state index < -0.39 is 16.4 Å². The first-order valence-corrected chi connectivity index (χ1v) is 8.25. The molecule has 1 aromatic rings. The zero-order chi connectivity index (χ0) is 14.6. The molecule has 2 rings (SSSR count). The smallest absolute Gasteiger partial charge is 0.387 e. The third kappa shape index (κ3) is 4.42. The van der Waals surface area contributed by atoms with Crippen molar-refractivity contribution in [2.24, 2.45) is 0 Å². The lowest BCUT2D eigenvalue weighted by molar-refractivity contribution is -0.0505. The average molecular weight is 305 g/mol. The van der Waals surface area contributed by atoms with E-state index in [1.165, 1.54) is 6.07 Å². The van der Waals surface area contributed by atoms with Crippen molar-refractivity contribution in [3.8, 4) is 5.75 Å². The van der Waals surface area contributed by atoms with Crippen molar-refractivity contribution in [1.29, 1.82) is 0 Å². The van der Waals surface area contributed by atoms with Crippen molar-refractivity contribution in [2.75, 3.05) is 11.5 Å². The lowest BCUT2D eigenvalue weighted by atomic mass is 10.1. The Kier molecular flexibility index (Phi) is 4.93. The Morgan fingerprint density at radius 2 is 2.10 bits per heavy atom. The summed E-state index contributed by atoms with van der Waals surface area (Å²) >= 11 is 0. The van der Waals surface area contributed by atoms with E-state index in [2.05, 4.69) is 10.1 Å². The Morgan fingerprint density at radius 3 is 2.80 bits per heavy atom. The number of ether oxygens (including phenoxy) is 1. The lowest BCUT2D eigenvalue weighted by Crippen LogP contribution is -2.39. The second kappa shape index (κ2) is 6.49. The molecule has 1 aliphatic rings. The van der Waals surface area contributed by atoms with Gasteiger partial charge in [-0.25, -0.2) is 8.42 Å². The topological polar surface area (TPSA) is 55.4 Å². The maximum atomic E-state index is 12.3. The number of hydrogen-bond donors (Lipinski definition) is 1. The molecule has 0 saturated carbocycles. The Balaban J connectivity index is 1.97. The molecular formula is C13H17F2NO3S. The number of nitrogens with one attached hydrogen (secondary N) is 1. The highest BCUT2D eigenvalue weighted by atomic mass is 32.2. The fourth-order valence-corrected chi connectivity index (χ4v) is 3.97. The van der Waals surface area contributed by atoms with Crippen molar-refractivity contribution in [3.63, 3.8) is 0 Å². The van der Waals surface area contributed by atoms with Gasteiger partial charge in [-0.2, -0.15) is 8.78 Å². The molecule has 0 aromatic heterocycles. The van der Waals surface area contributed by atoms with Crippen LogP contribution in [-0.4, -0.2) is 32.6 Å². The Bertz CT molecular complexity index is 548. The predicted molar refractivity (Wildman–Crippen MR) is 71.6 cm³/mol. The third-order valence-corrected chi connectivity index (χ3v) is 5.05. The van der Waals surface area contributed by atoms with Crippen LogP contribution in [0, 0.1) is 0 Å². The van der Waals surface area contributed by atoms with Gasteiger partial charge >= 0.3 is 6.61 Å². The first-order chi connectivity index (χ1) is 9.46. The fourth-order valence-electron chi connectivity index (χ4n) is 2.30. The van der Waals surface area contributed by atoms with Gasteiger partial charge in [0.1, 0.15) is 5.75 Å². The van der Waals surface area contributed by atoms with Gasteiger partial charge in [-0.05, 0) is 18.9 Å². The molecule has 4 nitrogen and oxygen atoms in total. The van der Waals surface area contributed by atoms with Crippen LogP contribution >= 0.6 is 0 Å². The molecule has 1 N–H and O–H groups in total. The maximum absolute atomic E-state index is 12.3. The summed E-state index contributed by atoms with van der Waals surface area (Å²) in [5, 5.41) is 3.10. The molecule has 1 atom stereocenters. The summed E-state index contributed by atoms with van der Waals surface area (Å²) in [5.41, 5.74) is 0.593. The summed E-state index contributed by atoms with van der Waals surface area (Å²) in [5.74, 6) is 0.454. The average Bonchev–Trinajstić information content (AvgIpc) is 2.36. The second-order valence-electron chi connectivity index (χ2n) is 4.82. The van der Waals surface area contributed by atoms with Crippen molar-refractivity contribution in [2.45, 2.75) is 32.0 Å². The van der Waals surface area contributed by atoms with Gasteiger partial charge in [0, 0.05) is 18.2 Å². The summed E-state index contributed by atoms with van der Waals surface area (Å²) in [6.45, 7) is -2.56. The minimum atomic E-state index is -2.98. The van der Waals surface area contributed by atoms with Crippen LogP contribution in [0.5, 0.6) is 5.75 Å². The van der Waals surface area contributed by atoms with E-state index in [0.29, 0.717) is 18.5 Å². The van der Waals surface area contributed by atoms with Crippen LogP contribution in [-0.2, 0) is 16.4 Å². The fraction of sp³-hybridized carbons (Fsp3) is 0.538. The summed E-state index contributed by atoms with van der Waals surface area (Å²) in [6.07, 6.45) is 1.41. The van der Waals surface area contributed by atoms with Crippen molar-refractivity contribution in [1.82, 2.24) is 5.32 Å². The molecule has 7 heteroatoms. The number of para-hydroxylation sites is 1. The van der Waals surface area contributed by atoms with Gasteiger partial charge in [0.15, 0.2) is 9.84 Å². The van der Waals surface area contributed by atoms with E-state index >= 15 is 0 Å². The molecular weight excluding hydrogens is 288 g/mol. The summed E-state index contributed by atoms with van der Waals surface area (Å²) < 4.78 is 52.0. The molecule has 0 aliphatic carbocycles. The summed E-state index contributed by atoms with van der Waals surface area (Å²) in [6, 6.07) is 6.37. The molecule has 1 aromatic carbocycles. The second-order valence-corrected chi connectivity index (χ2v) is 7.05. The van der Waals surface area contributed by atoms with Gasteiger partial charge in [-0.3, -0.25) is 0 Å². The maximum Gasteiger partial charge on any atom is 0.387 e. The van der Waals surface area contributed by atoms with Gasteiger partial charge in [-0.15, -0.1) is 0 Å². The normalized spacial score (nSPS) is 21.9. The van der Waals surface area contributed by atoms with Crippen molar-refractivity contribution >= 4 is 9.84 Å². The molecule has 0 spiro atoms. The molecule has 1 heterocycles. The Hall–Kier alpha value is -1.21. The highest BCUT2D eigenvalue weighted by molar-refractivity contribution is 7.91. The van der Waals surface area contributed by atoms with Gasteiger partial charge in [0.2, 0.25) is 0 Å². The van der Waals surface area contributed by atoms with Crippen LogP contribution in [0.2, 0.25) is 0 Å². The number of rotatable bonds is 5. The Labute approximate surface area is 117 Å². The first kappa shape index (κ1) is 15.2. The molecule has 1 unspecified atom stereocenters. The van der Waals surface area contributed by atoms with E-state index in [1.807, 2.05) is 0 Å². The van der Waals surface area contributed by atoms with Gasteiger partial charge in [-0.1, -0.05) is 18.2 Å². The predicted octanol–water partition coefficient (Wildman–Crippen LogP) is 1.95. The van der Waals surface area contributed by atoms with E-state index in [4.69, 9.17) is 0 Å². The van der Waals surface area contributed by atoms with Crippen LogP contribution < -0.4 is 10.1 Å². The minimum absolute atomic E-state index is 0.102. The van der Waals surface area contributed by atoms with E-state index in [9.17, 15) is 17.2 Å². The van der Waals surface area contributed by atoms with Crippen LogP contribution in [0.4, 0.5) is 8.78 Å². The molecule has 1 saturated heterocycles. The van der Waals surface area contributed by atoms with Gasteiger partial charge < -0.3 is 10.1 Å². The third-order valence-electron chi connectivity index (χ3n) is 3.23. The number of hydrogen-bond acceptors (Lipinski definition) is 4. The van der Waals surface area contributed by atoms with Crippen LogP contribution in [0.3, 0.4) is 0 Å². The number of halogens is 2. The van der Waals surface area contributed by atoms with Crippen LogP contribution in [0.15, 0.2) is 24.3 Å². The number of alkyl halides is 2. The zero-order valence-electron chi connectivity index (χ0n) is 10.9. The molecule has 0 radical (unpaired) electrons. The standard InChI is InChI=1S/C13H17F2NO3S/c14-13(15)19-12-6-2-1-4-10(12)8-16-11-5-3-7-20(17,18)9-11/h1-2,4,6,11,13,16H,3,5,7-9H2. The minimum Gasteiger partial charge on any atom is -0.434 e. The molecule has 112 valence electrons. The molecule has 1 fully saturated rings. The SMILES string of the molecule is O=S1(=O)CCCC(NCc2ccccc2OC(F)F)C1. The number of benzene rings is 1. The van der Waals surface area contributed by atoms with E-state index in [1.54, 1.807) is 18.2 Å². The first-order valence-electron chi connectivity index (χ1n) is 6.43. The zero-order valence-corrected chi connectivity index (χ0v) is 11.7. The molecule has 0 bridgehead atoms. The van der Waals surface area contributed by atoms with Gasteiger partial charge in [0.05, 0.1) is 11.5 Å². The van der Waals surface area contributed by atoms with Gasteiger partial charge in [0.25, 0.3) is 0 Å². The van der Waals surface area contributed by atoms with Crippen LogP contribution in [0.25, 0.3) is 0 Å². The van der Waals surface area contributed by atoms with E-state index in [-0.39, 0.29) is 23.3 Å². The quantitative estimate of drug-likeness (QED) is 0.903. The monoisotopic (exact) mass is 305 g/mol. The Morgan fingerprint density at radius 1 is 1.35 bits per heavy atom. The molecule has 1 aliphatic heterocycles. The number of sulfone groups is 1. The summed E-state index contributed by atoms with van der Waals surface area (Å²) in [4.78, 5) is 0. The van der Waals surface area contributed by atoms with Crippen molar-refractivity contribution in [3.05, 3.63) is 29.8 Å².